The highest BCUT2D eigenvalue weighted by Gasteiger charge is 2.20. The fourth-order valence-corrected chi connectivity index (χ4v) is 3.64. The summed E-state index contributed by atoms with van der Waals surface area (Å²) in [6.07, 6.45) is 7.57. The Morgan fingerprint density at radius 3 is 2.41 bits per heavy atom. The average Bonchev–Trinajstić information content (AvgIpc) is 2.83. The Kier molecular flexibility index (Phi) is 5.12. The first-order valence-corrected chi connectivity index (χ1v) is 8.61. The maximum Gasteiger partial charge on any atom is 0.0917 e. The summed E-state index contributed by atoms with van der Waals surface area (Å²) in [5, 5.41) is 13.0. The van der Waals surface area contributed by atoms with Gasteiger partial charge in [0.25, 0.3) is 0 Å². The van der Waals surface area contributed by atoms with E-state index in [0.29, 0.717) is 6.04 Å². The van der Waals surface area contributed by atoms with Crippen molar-refractivity contribution >= 4 is 10.8 Å². The minimum absolute atomic E-state index is 0.405. The molecule has 0 aliphatic heterocycles. The van der Waals surface area contributed by atoms with Crippen LogP contribution in [0.3, 0.4) is 0 Å². The third-order valence-electron chi connectivity index (χ3n) is 5.07. The second-order valence-electron chi connectivity index (χ2n) is 6.71. The van der Waals surface area contributed by atoms with Gasteiger partial charge in [-0.25, -0.2) is 0 Å². The van der Waals surface area contributed by atoms with Gasteiger partial charge in [0.05, 0.1) is 6.10 Å². The molecule has 2 heteroatoms. The Morgan fingerprint density at radius 2 is 1.68 bits per heavy atom. The first-order valence-electron chi connectivity index (χ1n) is 8.61. The molecule has 2 nitrogen and oxygen atoms in total. The van der Waals surface area contributed by atoms with Gasteiger partial charge in [0.2, 0.25) is 0 Å². The first kappa shape index (κ1) is 15.5. The molecule has 0 heterocycles. The molecular weight excluding hydrogens is 270 g/mol. The Hall–Kier alpha value is -1.38. The van der Waals surface area contributed by atoms with Crippen molar-refractivity contribution in [3.05, 3.63) is 48.0 Å². The van der Waals surface area contributed by atoms with Gasteiger partial charge in [-0.05, 0) is 42.3 Å². The van der Waals surface area contributed by atoms with Gasteiger partial charge in [0.1, 0.15) is 0 Å². The fraction of sp³-hybridized carbons (Fsp3) is 0.500. The van der Waals surface area contributed by atoms with Crippen LogP contribution in [0.1, 0.15) is 50.2 Å². The molecule has 1 aliphatic rings. The van der Waals surface area contributed by atoms with Crippen molar-refractivity contribution in [3.8, 4) is 0 Å². The number of hydrogen-bond acceptors (Lipinski definition) is 2. The summed E-state index contributed by atoms with van der Waals surface area (Å²) in [5.74, 6) is 0. The fourth-order valence-electron chi connectivity index (χ4n) is 3.64. The molecule has 3 rings (SSSR count). The Balaban J connectivity index is 1.67. The van der Waals surface area contributed by atoms with E-state index < -0.39 is 6.10 Å². The lowest BCUT2D eigenvalue weighted by molar-refractivity contribution is 0.0991. The molecule has 22 heavy (non-hydrogen) atoms. The molecule has 2 aromatic rings. The van der Waals surface area contributed by atoms with E-state index >= 15 is 0 Å². The number of rotatable bonds is 4. The van der Waals surface area contributed by atoms with Crippen LogP contribution in [-0.4, -0.2) is 29.6 Å². The second-order valence-corrected chi connectivity index (χ2v) is 6.71. The van der Waals surface area contributed by atoms with E-state index in [2.05, 4.69) is 54.4 Å². The van der Waals surface area contributed by atoms with E-state index in [1.807, 2.05) is 0 Å². The van der Waals surface area contributed by atoms with Gasteiger partial charge in [0, 0.05) is 12.6 Å². The summed E-state index contributed by atoms with van der Waals surface area (Å²) in [5.41, 5.74) is 1.03. The number of likely N-dealkylation sites (N-methyl/N-ethyl adjacent to an activating group) is 1. The number of aliphatic hydroxyl groups is 1. The van der Waals surface area contributed by atoms with Crippen molar-refractivity contribution in [1.29, 1.82) is 0 Å². The average molecular weight is 297 g/mol. The third-order valence-corrected chi connectivity index (χ3v) is 5.07. The molecule has 1 aliphatic carbocycles. The molecule has 1 atom stereocenters. The number of aliphatic hydroxyl groups excluding tert-OH is 1. The summed E-state index contributed by atoms with van der Waals surface area (Å²) >= 11 is 0. The van der Waals surface area contributed by atoms with E-state index in [0.717, 1.165) is 12.1 Å². The zero-order valence-corrected chi connectivity index (χ0v) is 13.5. The van der Waals surface area contributed by atoms with Crippen LogP contribution in [0.2, 0.25) is 0 Å². The largest absolute Gasteiger partial charge is 0.387 e. The monoisotopic (exact) mass is 297 g/mol. The molecule has 0 spiro atoms. The van der Waals surface area contributed by atoms with Crippen LogP contribution < -0.4 is 0 Å². The highest BCUT2D eigenvalue weighted by molar-refractivity contribution is 5.83. The molecule has 2 aromatic carbocycles. The maximum atomic E-state index is 10.6. The maximum absolute atomic E-state index is 10.6. The summed E-state index contributed by atoms with van der Waals surface area (Å²) in [4.78, 5) is 2.37. The number of nitrogens with zero attached hydrogens (tertiary/aromatic N) is 1. The zero-order chi connectivity index (χ0) is 15.4. The van der Waals surface area contributed by atoms with Gasteiger partial charge in [-0.2, -0.15) is 0 Å². The lowest BCUT2D eigenvalue weighted by Crippen LogP contribution is -2.34. The quantitative estimate of drug-likeness (QED) is 0.838. The van der Waals surface area contributed by atoms with Crippen molar-refractivity contribution in [2.75, 3.05) is 13.6 Å². The molecule has 1 unspecified atom stereocenters. The summed E-state index contributed by atoms with van der Waals surface area (Å²) in [6, 6.07) is 15.3. The summed E-state index contributed by atoms with van der Waals surface area (Å²) in [6.45, 7) is 0.725. The summed E-state index contributed by atoms with van der Waals surface area (Å²) < 4.78 is 0. The van der Waals surface area contributed by atoms with Crippen molar-refractivity contribution in [1.82, 2.24) is 4.90 Å². The van der Waals surface area contributed by atoms with Crippen LogP contribution >= 0.6 is 0 Å². The lowest BCUT2D eigenvalue weighted by Gasteiger charge is -2.29. The molecule has 0 amide bonds. The Morgan fingerprint density at radius 1 is 1.00 bits per heavy atom. The number of benzene rings is 2. The van der Waals surface area contributed by atoms with Gasteiger partial charge < -0.3 is 10.0 Å². The van der Waals surface area contributed by atoms with E-state index in [1.54, 1.807) is 0 Å². The van der Waals surface area contributed by atoms with Gasteiger partial charge in [0.15, 0.2) is 0 Å². The molecule has 0 radical (unpaired) electrons. The topological polar surface area (TPSA) is 23.5 Å². The lowest BCUT2D eigenvalue weighted by atomic mass is 10.0. The van der Waals surface area contributed by atoms with Crippen LogP contribution in [0.25, 0.3) is 10.8 Å². The number of hydrogen-bond donors (Lipinski definition) is 1. The van der Waals surface area contributed by atoms with Crippen LogP contribution in [0.15, 0.2) is 42.5 Å². The zero-order valence-electron chi connectivity index (χ0n) is 13.5. The van der Waals surface area contributed by atoms with E-state index in [9.17, 15) is 5.11 Å². The van der Waals surface area contributed by atoms with Crippen molar-refractivity contribution in [3.63, 3.8) is 0 Å². The minimum Gasteiger partial charge on any atom is -0.387 e. The van der Waals surface area contributed by atoms with E-state index in [1.165, 1.54) is 49.3 Å². The normalized spacial score (nSPS) is 18.5. The molecule has 1 fully saturated rings. The molecule has 1 N–H and O–H groups in total. The van der Waals surface area contributed by atoms with Crippen LogP contribution in [-0.2, 0) is 0 Å². The first-order chi connectivity index (χ1) is 10.7. The van der Waals surface area contributed by atoms with Crippen molar-refractivity contribution in [2.24, 2.45) is 0 Å². The van der Waals surface area contributed by atoms with Gasteiger partial charge in [-0.3, -0.25) is 0 Å². The molecule has 0 saturated heterocycles. The minimum atomic E-state index is -0.405. The van der Waals surface area contributed by atoms with Crippen LogP contribution in [0, 0.1) is 0 Å². The van der Waals surface area contributed by atoms with Crippen molar-refractivity contribution < 1.29 is 5.11 Å². The van der Waals surface area contributed by atoms with Crippen LogP contribution in [0.5, 0.6) is 0 Å². The van der Waals surface area contributed by atoms with Gasteiger partial charge in [-0.15, -0.1) is 0 Å². The highest BCUT2D eigenvalue weighted by Crippen LogP contribution is 2.25. The highest BCUT2D eigenvalue weighted by atomic mass is 16.3. The Labute approximate surface area is 133 Å². The standard InChI is InChI=1S/C20H27NO/c1-21(19-10-4-2-3-5-11-19)15-20(22)18-13-12-16-8-6-7-9-17(16)14-18/h6-9,12-14,19-20,22H,2-5,10-11,15H2,1H3. The molecule has 1 saturated carbocycles. The van der Waals surface area contributed by atoms with Gasteiger partial charge >= 0.3 is 0 Å². The smallest absolute Gasteiger partial charge is 0.0917 e. The SMILES string of the molecule is CN(CC(O)c1ccc2ccccc2c1)C1CCCCCC1. The second kappa shape index (κ2) is 7.26. The number of fused-ring (bicyclic) bond motifs is 1. The van der Waals surface area contributed by atoms with Gasteiger partial charge in [-0.1, -0.05) is 62.1 Å². The molecule has 0 aromatic heterocycles. The molecule has 0 bridgehead atoms. The van der Waals surface area contributed by atoms with Crippen molar-refractivity contribution in [2.45, 2.75) is 50.7 Å². The van der Waals surface area contributed by atoms with E-state index in [4.69, 9.17) is 0 Å². The molecular formula is C20H27NO. The predicted octanol–water partition coefficient (Wildman–Crippen LogP) is 4.53. The van der Waals surface area contributed by atoms with E-state index in [-0.39, 0.29) is 0 Å². The third kappa shape index (κ3) is 3.68. The Bertz CT molecular complexity index is 601. The van der Waals surface area contributed by atoms with Crippen LogP contribution in [0.4, 0.5) is 0 Å². The summed E-state index contributed by atoms with van der Waals surface area (Å²) in [7, 11) is 2.17. The molecule has 118 valence electrons. The predicted molar refractivity (Wildman–Crippen MR) is 93.0 cm³/mol.